The van der Waals surface area contributed by atoms with Crippen molar-refractivity contribution in [3.63, 3.8) is 0 Å². The Balaban J connectivity index is 1.62. The van der Waals surface area contributed by atoms with Gasteiger partial charge in [-0.3, -0.25) is 19.1 Å². The average molecular weight is 463 g/mol. The van der Waals surface area contributed by atoms with Crippen molar-refractivity contribution in [2.24, 2.45) is 7.05 Å². The zero-order chi connectivity index (χ0) is 20.5. The summed E-state index contributed by atoms with van der Waals surface area (Å²) in [4.78, 5) is 37.7. The summed E-state index contributed by atoms with van der Waals surface area (Å²) in [6.45, 7) is 1.10. The SMILES string of the molecule is Cn1c(NC(=O)c2cc(-c3cc4c(cc3Br)OCCCO4)on2)cc(=O)[nH]c1=O. The Kier molecular flexibility index (Phi) is 4.97. The number of ether oxygens (including phenoxy) is 2. The minimum atomic E-state index is -0.648. The topological polar surface area (TPSA) is 128 Å². The molecule has 0 unspecified atom stereocenters. The third-order valence-corrected chi connectivity index (χ3v) is 4.91. The summed E-state index contributed by atoms with van der Waals surface area (Å²) in [6, 6.07) is 6.06. The maximum absolute atomic E-state index is 12.5. The largest absolute Gasteiger partial charge is 0.490 e. The molecule has 3 aromatic rings. The fraction of sp³-hybridized carbons (Fsp3) is 0.222. The number of hydrogen-bond acceptors (Lipinski definition) is 7. The van der Waals surface area contributed by atoms with Gasteiger partial charge in [-0.15, -0.1) is 0 Å². The van der Waals surface area contributed by atoms with Crippen molar-refractivity contribution in [3.8, 4) is 22.8 Å². The van der Waals surface area contributed by atoms with Crippen molar-refractivity contribution >= 4 is 27.7 Å². The molecule has 0 atom stereocenters. The van der Waals surface area contributed by atoms with Crippen LogP contribution in [-0.4, -0.2) is 33.8 Å². The third-order valence-electron chi connectivity index (χ3n) is 4.25. The highest BCUT2D eigenvalue weighted by atomic mass is 79.9. The minimum Gasteiger partial charge on any atom is -0.490 e. The van der Waals surface area contributed by atoms with Gasteiger partial charge in [0, 0.05) is 35.6 Å². The highest BCUT2D eigenvalue weighted by molar-refractivity contribution is 9.10. The Hall–Kier alpha value is -3.34. The molecule has 2 N–H and O–H groups in total. The van der Waals surface area contributed by atoms with Gasteiger partial charge in [-0.25, -0.2) is 4.79 Å². The molecule has 1 aromatic carbocycles. The van der Waals surface area contributed by atoms with Crippen LogP contribution < -0.4 is 26.0 Å². The lowest BCUT2D eigenvalue weighted by Crippen LogP contribution is -2.31. The molecule has 29 heavy (non-hydrogen) atoms. The number of fused-ring (bicyclic) bond motifs is 1. The number of halogens is 1. The van der Waals surface area contributed by atoms with Gasteiger partial charge in [0.25, 0.3) is 11.5 Å². The van der Waals surface area contributed by atoms with Crippen LogP contribution in [0.15, 0.2) is 42.9 Å². The van der Waals surface area contributed by atoms with E-state index in [0.717, 1.165) is 17.1 Å². The van der Waals surface area contributed by atoms with Crippen molar-refractivity contribution in [1.82, 2.24) is 14.7 Å². The molecule has 0 fully saturated rings. The van der Waals surface area contributed by atoms with E-state index in [2.05, 4.69) is 31.4 Å². The molecule has 4 rings (SSSR count). The van der Waals surface area contributed by atoms with E-state index in [1.165, 1.54) is 13.1 Å². The summed E-state index contributed by atoms with van der Waals surface area (Å²) < 4.78 is 18.4. The van der Waals surface area contributed by atoms with Crippen LogP contribution in [0.3, 0.4) is 0 Å². The summed E-state index contributed by atoms with van der Waals surface area (Å²) in [5.41, 5.74) is -0.666. The van der Waals surface area contributed by atoms with E-state index in [1.54, 1.807) is 12.1 Å². The number of carbonyl (C=O) groups is 1. The van der Waals surface area contributed by atoms with Crippen molar-refractivity contribution in [2.75, 3.05) is 18.5 Å². The number of aromatic nitrogens is 3. The van der Waals surface area contributed by atoms with Crippen LogP contribution in [0.5, 0.6) is 11.5 Å². The molecule has 0 saturated carbocycles. The lowest BCUT2D eigenvalue weighted by molar-refractivity contribution is 0.101. The molecule has 0 spiro atoms. The Morgan fingerprint density at radius 1 is 1.17 bits per heavy atom. The minimum absolute atomic E-state index is 0.0215. The maximum Gasteiger partial charge on any atom is 0.329 e. The summed E-state index contributed by atoms with van der Waals surface area (Å²) in [5.74, 6) is 0.918. The van der Waals surface area contributed by atoms with E-state index in [1.807, 2.05) is 0 Å². The zero-order valence-corrected chi connectivity index (χ0v) is 16.7. The number of anilines is 1. The highest BCUT2D eigenvalue weighted by Gasteiger charge is 2.20. The van der Waals surface area contributed by atoms with Crippen LogP contribution in [-0.2, 0) is 7.05 Å². The first-order chi connectivity index (χ1) is 13.9. The van der Waals surface area contributed by atoms with Crippen molar-refractivity contribution in [3.05, 3.63) is 55.3 Å². The van der Waals surface area contributed by atoms with Gasteiger partial charge in [-0.1, -0.05) is 5.16 Å². The molecule has 1 aliphatic heterocycles. The number of hydrogen-bond donors (Lipinski definition) is 2. The average Bonchev–Trinajstić information content (AvgIpc) is 3.06. The fourth-order valence-corrected chi connectivity index (χ4v) is 3.26. The van der Waals surface area contributed by atoms with Crippen molar-refractivity contribution in [1.29, 1.82) is 0 Å². The number of aromatic amines is 1. The quantitative estimate of drug-likeness (QED) is 0.607. The molecule has 3 heterocycles. The van der Waals surface area contributed by atoms with Crippen molar-refractivity contribution < 1.29 is 18.8 Å². The normalized spacial score (nSPS) is 13.0. The van der Waals surface area contributed by atoms with Crippen molar-refractivity contribution in [2.45, 2.75) is 6.42 Å². The second kappa shape index (κ2) is 7.59. The van der Waals surface area contributed by atoms with Crippen LogP contribution in [0.4, 0.5) is 5.82 Å². The number of nitrogens with zero attached hydrogens (tertiary/aromatic N) is 2. The number of nitrogens with one attached hydrogen (secondary N) is 2. The summed E-state index contributed by atoms with van der Waals surface area (Å²) >= 11 is 3.46. The van der Waals surface area contributed by atoms with Gasteiger partial charge in [-0.2, -0.15) is 0 Å². The molecule has 0 saturated heterocycles. The van der Waals surface area contributed by atoms with E-state index >= 15 is 0 Å². The Labute approximate surface area is 171 Å². The van der Waals surface area contributed by atoms with E-state index in [4.69, 9.17) is 14.0 Å². The molecular formula is C18H15BrN4O6. The molecule has 1 amide bonds. The fourth-order valence-electron chi connectivity index (χ4n) is 2.74. The molecule has 11 heteroatoms. The second-order valence-electron chi connectivity index (χ2n) is 6.24. The summed E-state index contributed by atoms with van der Waals surface area (Å²) in [6.07, 6.45) is 0.777. The zero-order valence-electron chi connectivity index (χ0n) is 15.2. The monoisotopic (exact) mass is 462 g/mol. The number of amides is 1. The Bertz CT molecular complexity index is 1210. The van der Waals surface area contributed by atoms with Gasteiger partial charge in [0.15, 0.2) is 23.0 Å². The summed E-state index contributed by atoms with van der Waals surface area (Å²) in [5, 5.41) is 6.25. The van der Waals surface area contributed by atoms with Crippen LogP contribution >= 0.6 is 15.9 Å². The lowest BCUT2D eigenvalue weighted by Gasteiger charge is -2.09. The molecule has 0 radical (unpaired) electrons. The van der Waals surface area contributed by atoms with Gasteiger partial charge >= 0.3 is 5.69 Å². The van der Waals surface area contributed by atoms with Gasteiger partial charge in [-0.05, 0) is 28.1 Å². The smallest absolute Gasteiger partial charge is 0.329 e. The van der Waals surface area contributed by atoms with Gasteiger partial charge < -0.3 is 19.3 Å². The second-order valence-corrected chi connectivity index (χ2v) is 7.10. The Morgan fingerprint density at radius 3 is 2.66 bits per heavy atom. The first-order valence-corrected chi connectivity index (χ1v) is 9.39. The standard InChI is InChI=1S/C18H15BrN4O6/c1-23-15(8-16(24)21-18(23)26)20-17(25)11-7-12(29-22-11)9-5-13-14(6-10(9)19)28-4-2-3-27-13/h5-8H,2-4H2,1H3,(H,20,25)(H,21,24,26). The van der Waals surface area contributed by atoms with E-state index in [-0.39, 0.29) is 11.5 Å². The van der Waals surface area contributed by atoms with E-state index < -0.39 is 17.2 Å². The first-order valence-electron chi connectivity index (χ1n) is 8.60. The molecule has 10 nitrogen and oxygen atoms in total. The molecule has 0 aliphatic carbocycles. The highest BCUT2D eigenvalue weighted by Crippen LogP contribution is 2.39. The van der Waals surface area contributed by atoms with Gasteiger partial charge in [0.2, 0.25) is 0 Å². The van der Waals surface area contributed by atoms with Gasteiger partial charge in [0.1, 0.15) is 5.82 Å². The van der Waals surface area contributed by atoms with Crippen LogP contribution in [0.1, 0.15) is 16.9 Å². The third kappa shape index (κ3) is 3.81. The number of benzene rings is 1. The molecular weight excluding hydrogens is 448 g/mol. The van der Waals surface area contributed by atoms with E-state index in [9.17, 15) is 14.4 Å². The molecule has 150 valence electrons. The van der Waals surface area contributed by atoms with Crippen LogP contribution in [0.2, 0.25) is 0 Å². The van der Waals surface area contributed by atoms with E-state index in [0.29, 0.717) is 40.5 Å². The first kappa shape index (κ1) is 19.0. The molecule has 0 bridgehead atoms. The number of H-pyrrole nitrogens is 1. The van der Waals surface area contributed by atoms with Crippen LogP contribution in [0.25, 0.3) is 11.3 Å². The van der Waals surface area contributed by atoms with Crippen LogP contribution in [0, 0.1) is 0 Å². The number of rotatable bonds is 3. The summed E-state index contributed by atoms with van der Waals surface area (Å²) in [7, 11) is 1.41. The molecule has 2 aromatic heterocycles. The predicted octanol–water partition coefficient (Wildman–Crippen LogP) is 1.90. The van der Waals surface area contributed by atoms with Gasteiger partial charge in [0.05, 0.1) is 13.2 Å². The maximum atomic E-state index is 12.5. The lowest BCUT2D eigenvalue weighted by atomic mass is 10.1. The number of carbonyl (C=O) groups excluding carboxylic acids is 1. The Morgan fingerprint density at radius 2 is 1.90 bits per heavy atom. The molecule has 1 aliphatic rings. The predicted molar refractivity (Wildman–Crippen MR) is 106 cm³/mol.